The molecule has 2 atom stereocenters. The number of anilines is 1. The van der Waals surface area contributed by atoms with E-state index >= 15 is 0 Å². The van der Waals surface area contributed by atoms with Crippen LogP contribution in [0.4, 0.5) is 5.69 Å². The number of para-hydroxylation sites is 2. The number of hydrogen-bond acceptors (Lipinski definition) is 4. The number of piperidine rings is 1. The van der Waals surface area contributed by atoms with Crippen molar-refractivity contribution in [2.24, 2.45) is 5.92 Å². The maximum Gasteiger partial charge on any atom is 0.226 e. The summed E-state index contributed by atoms with van der Waals surface area (Å²) >= 11 is 0. The van der Waals surface area contributed by atoms with Crippen LogP contribution in [0.15, 0.2) is 24.3 Å². The predicted octanol–water partition coefficient (Wildman–Crippen LogP) is 1.27. The third kappa shape index (κ3) is 3.63. The second-order valence-corrected chi connectivity index (χ2v) is 5.31. The molecule has 1 aromatic carbocycles. The number of ether oxygens (including phenoxy) is 1. The van der Waals surface area contributed by atoms with E-state index in [1.54, 1.807) is 17.0 Å². The summed E-state index contributed by atoms with van der Waals surface area (Å²) in [6.07, 6.45) is 0.690. The Labute approximate surface area is 119 Å². The maximum atomic E-state index is 12.1. The van der Waals surface area contributed by atoms with E-state index in [1.165, 1.54) is 0 Å². The molecule has 1 aromatic rings. The molecule has 0 radical (unpaired) electrons. The number of hydrogen-bond donors (Lipinski definition) is 2. The van der Waals surface area contributed by atoms with Gasteiger partial charge in [0, 0.05) is 13.1 Å². The fourth-order valence-corrected chi connectivity index (χ4v) is 2.38. The van der Waals surface area contributed by atoms with Gasteiger partial charge in [-0.25, -0.2) is 0 Å². The van der Waals surface area contributed by atoms with E-state index in [2.05, 4.69) is 0 Å². The molecule has 1 amide bonds. The number of carbonyl (C=O) groups excluding carboxylic acids is 1. The molecule has 3 N–H and O–H groups in total. The van der Waals surface area contributed by atoms with E-state index in [1.807, 2.05) is 19.1 Å². The van der Waals surface area contributed by atoms with Crippen LogP contribution in [0, 0.1) is 5.92 Å². The molecule has 5 nitrogen and oxygen atoms in total. The van der Waals surface area contributed by atoms with E-state index in [0.29, 0.717) is 44.0 Å². The van der Waals surface area contributed by atoms with Crippen molar-refractivity contribution < 1.29 is 14.6 Å². The molecule has 0 spiro atoms. The quantitative estimate of drug-likeness (QED) is 0.813. The van der Waals surface area contributed by atoms with Crippen LogP contribution in [0.1, 0.15) is 19.8 Å². The highest BCUT2D eigenvalue weighted by atomic mass is 16.5. The molecule has 2 rings (SSSR count). The number of aliphatic hydroxyl groups excluding tert-OH is 1. The lowest BCUT2D eigenvalue weighted by Gasteiger charge is -2.34. The third-order valence-corrected chi connectivity index (χ3v) is 3.71. The molecule has 1 fully saturated rings. The lowest BCUT2D eigenvalue weighted by Crippen LogP contribution is -2.45. The molecule has 5 heteroatoms. The molecule has 1 aliphatic rings. The zero-order valence-corrected chi connectivity index (χ0v) is 11.8. The van der Waals surface area contributed by atoms with Gasteiger partial charge in [-0.1, -0.05) is 19.1 Å². The molecule has 110 valence electrons. The zero-order valence-electron chi connectivity index (χ0n) is 11.8. The largest absolute Gasteiger partial charge is 0.491 e. The molecular weight excluding hydrogens is 256 g/mol. The van der Waals surface area contributed by atoms with Gasteiger partial charge in [-0.2, -0.15) is 0 Å². The molecule has 0 saturated carbocycles. The summed E-state index contributed by atoms with van der Waals surface area (Å²) < 4.78 is 5.52. The van der Waals surface area contributed by atoms with Crippen LogP contribution in [0.5, 0.6) is 5.75 Å². The van der Waals surface area contributed by atoms with Crippen molar-refractivity contribution in [2.45, 2.75) is 25.9 Å². The van der Waals surface area contributed by atoms with Gasteiger partial charge >= 0.3 is 0 Å². The van der Waals surface area contributed by atoms with E-state index in [-0.39, 0.29) is 17.9 Å². The van der Waals surface area contributed by atoms with Crippen LogP contribution in [0.3, 0.4) is 0 Å². The highest BCUT2D eigenvalue weighted by Gasteiger charge is 2.26. The number of likely N-dealkylation sites (tertiary alicyclic amines) is 1. The number of aliphatic hydroxyl groups is 1. The first-order chi connectivity index (χ1) is 9.58. The van der Waals surface area contributed by atoms with Crippen molar-refractivity contribution >= 4 is 11.6 Å². The Bertz CT molecular complexity index is 464. The summed E-state index contributed by atoms with van der Waals surface area (Å²) in [5.41, 5.74) is 6.34. The van der Waals surface area contributed by atoms with Crippen molar-refractivity contribution in [3.05, 3.63) is 24.3 Å². The van der Waals surface area contributed by atoms with Crippen molar-refractivity contribution in [2.75, 3.05) is 25.4 Å². The van der Waals surface area contributed by atoms with Gasteiger partial charge in [0.05, 0.1) is 24.8 Å². The minimum atomic E-state index is -0.292. The molecule has 2 unspecified atom stereocenters. The molecule has 1 saturated heterocycles. The Morgan fingerprint density at radius 1 is 1.50 bits per heavy atom. The number of nitrogens with zero attached hydrogens (tertiary/aromatic N) is 1. The number of nitrogen functional groups attached to an aromatic ring is 1. The molecule has 1 aliphatic heterocycles. The van der Waals surface area contributed by atoms with E-state index in [0.717, 1.165) is 0 Å². The first-order valence-corrected chi connectivity index (χ1v) is 7.01. The van der Waals surface area contributed by atoms with Gasteiger partial charge in [-0.05, 0) is 24.5 Å². The van der Waals surface area contributed by atoms with Crippen molar-refractivity contribution in [1.82, 2.24) is 4.90 Å². The second kappa shape index (κ2) is 6.61. The average Bonchev–Trinajstić information content (AvgIpc) is 2.44. The van der Waals surface area contributed by atoms with Gasteiger partial charge < -0.3 is 20.5 Å². The van der Waals surface area contributed by atoms with E-state index < -0.39 is 0 Å². The summed E-state index contributed by atoms with van der Waals surface area (Å²) in [5, 5.41) is 9.66. The number of amides is 1. The second-order valence-electron chi connectivity index (χ2n) is 5.31. The Morgan fingerprint density at radius 2 is 2.25 bits per heavy atom. The summed E-state index contributed by atoms with van der Waals surface area (Å²) in [7, 11) is 0. The van der Waals surface area contributed by atoms with Crippen LogP contribution in [-0.4, -0.2) is 41.7 Å². The van der Waals surface area contributed by atoms with Crippen LogP contribution >= 0.6 is 0 Å². The van der Waals surface area contributed by atoms with E-state index in [9.17, 15) is 9.90 Å². The van der Waals surface area contributed by atoms with Gasteiger partial charge in [0.2, 0.25) is 5.91 Å². The maximum absolute atomic E-state index is 12.1. The average molecular weight is 278 g/mol. The van der Waals surface area contributed by atoms with Crippen LogP contribution in [-0.2, 0) is 4.79 Å². The first-order valence-electron chi connectivity index (χ1n) is 7.01. The highest BCUT2D eigenvalue weighted by Crippen LogP contribution is 2.20. The Kier molecular flexibility index (Phi) is 4.84. The van der Waals surface area contributed by atoms with Crippen LogP contribution < -0.4 is 10.5 Å². The summed E-state index contributed by atoms with van der Waals surface area (Å²) in [4.78, 5) is 13.9. The number of nitrogens with two attached hydrogens (primary N) is 1. The number of benzene rings is 1. The minimum absolute atomic E-state index is 0.0678. The first kappa shape index (κ1) is 14.7. The smallest absolute Gasteiger partial charge is 0.226 e. The van der Waals surface area contributed by atoms with Crippen molar-refractivity contribution in [3.63, 3.8) is 0 Å². The Morgan fingerprint density at radius 3 is 2.95 bits per heavy atom. The lowest BCUT2D eigenvalue weighted by molar-refractivity contribution is -0.135. The lowest BCUT2D eigenvalue weighted by atomic mass is 9.96. The van der Waals surface area contributed by atoms with Gasteiger partial charge in [-0.15, -0.1) is 0 Å². The van der Waals surface area contributed by atoms with E-state index in [4.69, 9.17) is 10.5 Å². The molecule has 20 heavy (non-hydrogen) atoms. The molecule has 1 heterocycles. The molecular formula is C15H22N2O3. The minimum Gasteiger partial charge on any atom is -0.491 e. The third-order valence-electron chi connectivity index (χ3n) is 3.71. The normalized spacial score (nSPS) is 22.6. The SMILES string of the molecule is CC1CN(C(=O)CCOc2ccccc2N)CCC1O. The molecule has 0 aliphatic carbocycles. The number of carbonyl (C=O) groups is 1. The van der Waals surface area contributed by atoms with Gasteiger partial charge in [0.1, 0.15) is 5.75 Å². The van der Waals surface area contributed by atoms with Gasteiger partial charge in [0.25, 0.3) is 0 Å². The Hall–Kier alpha value is -1.75. The van der Waals surface area contributed by atoms with Gasteiger partial charge in [-0.3, -0.25) is 4.79 Å². The zero-order chi connectivity index (χ0) is 14.5. The van der Waals surface area contributed by atoms with Gasteiger partial charge in [0.15, 0.2) is 0 Å². The fourth-order valence-electron chi connectivity index (χ4n) is 2.38. The predicted molar refractivity (Wildman–Crippen MR) is 77.3 cm³/mol. The summed E-state index contributed by atoms with van der Waals surface area (Å²) in [5.74, 6) is 0.819. The molecule has 0 bridgehead atoms. The topological polar surface area (TPSA) is 75.8 Å². The van der Waals surface area contributed by atoms with Crippen LogP contribution in [0.2, 0.25) is 0 Å². The van der Waals surface area contributed by atoms with Crippen molar-refractivity contribution in [1.29, 1.82) is 0 Å². The van der Waals surface area contributed by atoms with Crippen molar-refractivity contribution in [3.8, 4) is 5.75 Å². The summed E-state index contributed by atoms with van der Waals surface area (Å²) in [6, 6.07) is 7.25. The Balaban J connectivity index is 1.77. The highest BCUT2D eigenvalue weighted by molar-refractivity contribution is 5.76. The van der Waals surface area contributed by atoms with Crippen LogP contribution in [0.25, 0.3) is 0 Å². The fraction of sp³-hybridized carbons (Fsp3) is 0.533. The molecule has 0 aromatic heterocycles. The number of rotatable bonds is 4. The standard InChI is InChI=1S/C15H22N2O3/c1-11-10-17(8-6-13(11)18)15(19)7-9-20-14-5-3-2-4-12(14)16/h2-5,11,13,18H,6-10,16H2,1H3. The summed E-state index contributed by atoms with van der Waals surface area (Å²) in [6.45, 7) is 3.52. The monoisotopic (exact) mass is 278 g/mol.